The van der Waals surface area contributed by atoms with Gasteiger partial charge in [-0.15, -0.1) is 11.7 Å². The zero-order chi connectivity index (χ0) is 21.3. The normalized spacial score (nSPS) is 17.3. The number of hydrogen-bond acceptors (Lipinski definition) is 7. The third-order valence-corrected chi connectivity index (χ3v) is 5.97. The second kappa shape index (κ2) is 8.53. The number of ether oxygens (including phenoxy) is 1. The second-order valence-electron chi connectivity index (χ2n) is 6.45. The molecule has 2 heterocycles. The number of halogens is 1. The van der Waals surface area contributed by atoms with Gasteiger partial charge in [0.25, 0.3) is 5.91 Å². The Labute approximate surface area is 186 Å². The molecular formula is C21H19BrN4O3S. The lowest BCUT2D eigenvalue weighted by Gasteiger charge is -2.34. The number of hydrogen-bond donors (Lipinski definition) is 2. The molecule has 0 aliphatic carbocycles. The number of carbonyl (C=O) groups is 1. The van der Waals surface area contributed by atoms with Crippen molar-refractivity contribution in [1.29, 1.82) is 0 Å². The Bertz CT molecular complexity index is 1180. The molecule has 9 heteroatoms. The van der Waals surface area contributed by atoms with E-state index in [0.717, 1.165) is 5.56 Å². The van der Waals surface area contributed by atoms with Gasteiger partial charge in [-0.05, 0) is 41.1 Å². The Hall–Kier alpha value is -2.78. The monoisotopic (exact) mass is 486 g/mol. The molecule has 0 fully saturated rings. The number of carbonyl (C=O) groups excluding carboxylic acids is 1. The topological polar surface area (TPSA) is 86.5 Å². The van der Waals surface area contributed by atoms with Gasteiger partial charge < -0.3 is 9.84 Å². The maximum absolute atomic E-state index is 13.0. The average Bonchev–Trinajstić information content (AvgIpc) is 2.74. The molecule has 1 atom stereocenters. The smallest absolute Gasteiger partial charge is 0.276 e. The molecule has 0 saturated heterocycles. The molecule has 0 aromatic heterocycles. The number of phenolic OH excluding ortho intramolecular Hbond substituents is 1. The van der Waals surface area contributed by atoms with Crippen LogP contribution >= 0.6 is 27.7 Å². The quantitative estimate of drug-likeness (QED) is 0.634. The molecule has 7 nitrogen and oxygen atoms in total. The summed E-state index contributed by atoms with van der Waals surface area (Å²) in [7, 11) is 0. The van der Waals surface area contributed by atoms with Crippen LogP contribution in [0.5, 0.6) is 11.5 Å². The largest absolute Gasteiger partial charge is 0.503 e. The van der Waals surface area contributed by atoms with Crippen molar-refractivity contribution in [3.8, 4) is 11.5 Å². The highest BCUT2D eigenvalue weighted by Gasteiger charge is 2.35. The van der Waals surface area contributed by atoms with Crippen LogP contribution in [-0.2, 0) is 4.79 Å². The van der Waals surface area contributed by atoms with Gasteiger partial charge >= 0.3 is 0 Å². The maximum atomic E-state index is 13.0. The third kappa shape index (κ3) is 3.70. The highest BCUT2D eigenvalue weighted by molar-refractivity contribution is 9.10. The van der Waals surface area contributed by atoms with Crippen molar-refractivity contribution in [2.75, 3.05) is 12.4 Å². The zero-order valence-corrected chi connectivity index (χ0v) is 18.5. The Morgan fingerprint density at radius 2 is 2.20 bits per heavy atom. The Morgan fingerprint density at radius 3 is 2.97 bits per heavy atom. The Balaban J connectivity index is 1.91. The highest BCUT2D eigenvalue weighted by Crippen LogP contribution is 2.40. The summed E-state index contributed by atoms with van der Waals surface area (Å²) in [6.45, 7) is 5.96. The van der Waals surface area contributed by atoms with Crippen LogP contribution in [-0.4, -0.2) is 33.6 Å². The maximum Gasteiger partial charge on any atom is 0.276 e. The van der Waals surface area contributed by atoms with E-state index >= 15 is 0 Å². The molecule has 0 bridgehead atoms. The SMILES string of the molecule is C=CCSC1=NN2C(=c3ccccc3=NC2c2cc(Br)c(O)c(OCC)c2)C(=O)N1. The second-order valence-corrected chi connectivity index (χ2v) is 8.32. The molecule has 1 unspecified atom stereocenters. The van der Waals surface area contributed by atoms with Crippen molar-refractivity contribution in [2.24, 2.45) is 10.1 Å². The molecular weight excluding hydrogens is 468 g/mol. The number of nitrogens with zero attached hydrogens (tertiary/aromatic N) is 3. The van der Waals surface area contributed by atoms with E-state index in [4.69, 9.17) is 9.73 Å². The van der Waals surface area contributed by atoms with Gasteiger partial charge in [-0.2, -0.15) is 0 Å². The number of thioether (sulfide) groups is 1. The summed E-state index contributed by atoms with van der Waals surface area (Å²) in [4.78, 5) is 17.9. The van der Waals surface area contributed by atoms with Crippen molar-refractivity contribution in [2.45, 2.75) is 13.1 Å². The van der Waals surface area contributed by atoms with Gasteiger partial charge in [0.2, 0.25) is 0 Å². The van der Waals surface area contributed by atoms with E-state index in [1.807, 2.05) is 31.2 Å². The van der Waals surface area contributed by atoms with Crippen LogP contribution in [0.1, 0.15) is 18.7 Å². The van der Waals surface area contributed by atoms with Gasteiger partial charge in [0.1, 0.15) is 5.70 Å². The first-order chi connectivity index (χ1) is 14.5. The summed E-state index contributed by atoms with van der Waals surface area (Å²) in [6.07, 6.45) is 1.15. The van der Waals surface area contributed by atoms with E-state index in [2.05, 4.69) is 32.9 Å². The van der Waals surface area contributed by atoms with Crippen LogP contribution in [0.4, 0.5) is 0 Å². The van der Waals surface area contributed by atoms with Crippen LogP contribution in [0.3, 0.4) is 0 Å². The molecule has 154 valence electrons. The van der Waals surface area contributed by atoms with Gasteiger partial charge in [-0.25, -0.2) is 5.01 Å². The lowest BCUT2D eigenvalue weighted by atomic mass is 10.1. The van der Waals surface area contributed by atoms with Crippen LogP contribution < -0.4 is 20.6 Å². The standard InChI is InChI=1S/C21H19BrN4O3S/c1-3-9-30-21-24-20(28)17-13-7-5-6-8-15(13)23-19(26(17)25-21)12-10-14(22)18(27)16(11-12)29-4-2/h3,5-8,10-11,19,27H,1,4,9H2,2H3,(H,24,25,28). The van der Waals surface area contributed by atoms with Gasteiger partial charge in [0, 0.05) is 16.5 Å². The molecule has 30 heavy (non-hydrogen) atoms. The van der Waals surface area contributed by atoms with E-state index in [0.29, 0.717) is 44.0 Å². The van der Waals surface area contributed by atoms with Crippen LogP contribution in [0.2, 0.25) is 0 Å². The molecule has 2 N–H and O–H groups in total. The van der Waals surface area contributed by atoms with Gasteiger partial charge in [0.15, 0.2) is 22.8 Å². The Morgan fingerprint density at radius 1 is 1.40 bits per heavy atom. The minimum absolute atomic E-state index is 0.0168. The minimum Gasteiger partial charge on any atom is -0.503 e. The summed E-state index contributed by atoms with van der Waals surface area (Å²) in [5.41, 5.74) is 1.15. The molecule has 1 amide bonds. The van der Waals surface area contributed by atoms with Crippen LogP contribution in [0.15, 0.2) is 63.6 Å². The summed E-state index contributed by atoms with van der Waals surface area (Å²) < 4.78 is 6.05. The number of nitrogens with one attached hydrogen (secondary N) is 1. The number of rotatable bonds is 5. The van der Waals surface area contributed by atoms with Crippen LogP contribution in [0.25, 0.3) is 5.70 Å². The predicted octanol–water partition coefficient (Wildman–Crippen LogP) is 2.62. The first-order valence-corrected chi connectivity index (χ1v) is 11.1. The summed E-state index contributed by atoms with van der Waals surface area (Å²) in [5.74, 6) is 0.721. The molecule has 2 aromatic rings. The molecule has 0 radical (unpaired) electrons. The molecule has 0 spiro atoms. The van der Waals surface area contributed by atoms with Gasteiger partial charge in [-0.1, -0.05) is 36.0 Å². The molecule has 4 rings (SSSR count). The number of para-hydroxylation sites is 1. The number of aromatic hydroxyl groups is 1. The highest BCUT2D eigenvalue weighted by atomic mass is 79.9. The lowest BCUT2D eigenvalue weighted by Crippen LogP contribution is -2.50. The summed E-state index contributed by atoms with van der Waals surface area (Å²) in [5, 5.41) is 21.3. The predicted molar refractivity (Wildman–Crippen MR) is 120 cm³/mol. The molecule has 0 saturated carbocycles. The van der Waals surface area contributed by atoms with Crippen LogP contribution in [0, 0.1) is 0 Å². The van der Waals surface area contributed by atoms with E-state index in [1.165, 1.54) is 11.8 Å². The van der Waals surface area contributed by atoms with E-state index in [9.17, 15) is 9.90 Å². The fraction of sp³-hybridized carbons (Fsp3) is 0.190. The fourth-order valence-corrected chi connectivity index (χ4v) is 4.30. The van der Waals surface area contributed by atoms with Crippen molar-refractivity contribution >= 4 is 44.5 Å². The molecule has 2 aliphatic rings. The number of amides is 1. The number of hydrazone groups is 1. The zero-order valence-electron chi connectivity index (χ0n) is 16.1. The first-order valence-electron chi connectivity index (χ1n) is 9.28. The minimum atomic E-state index is -0.601. The summed E-state index contributed by atoms with van der Waals surface area (Å²) >= 11 is 4.77. The van der Waals surface area contributed by atoms with Gasteiger partial charge in [-0.3, -0.25) is 15.1 Å². The number of phenols is 1. The van der Waals surface area contributed by atoms with Crippen molar-refractivity contribution in [3.63, 3.8) is 0 Å². The first kappa shape index (κ1) is 20.5. The lowest BCUT2D eigenvalue weighted by molar-refractivity contribution is -0.116. The third-order valence-electron chi connectivity index (χ3n) is 4.50. The van der Waals surface area contributed by atoms with E-state index < -0.39 is 6.17 Å². The fourth-order valence-electron chi connectivity index (χ4n) is 3.26. The van der Waals surface area contributed by atoms with E-state index in [1.54, 1.807) is 23.2 Å². The number of benzene rings is 2. The Kier molecular flexibility index (Phi) is 5.83. The van der Waals surface area contributed by atoms with Crippen molar-refractivity contribution in [3.05, 3.63) is 69.7 Å². The van der Waals surface area contributed by atoms with Crippen molar-refractivity contribution in [1.82, 2.24) is 10.3 Å². The molecule has 2 aliphatic heterocycles. The van der Waals surface area contributed by atoms with E-state index in [-0.39, 0.29) is 11.7 Å². The van der Waals surface area contributed by atoms with Crippen molar-refractivity contribution < 1.29 is 14.6 Å². The average molecular weight is 487 g/mol. The summed E-state index contributed by atoms with van der Waals surface area (Å²) in [6, 6.07) is 10.9. The molecule has 2 aromatic carbocycles. The van der Waals surface area contributed by atoms with Gasteiger partial charge in [0.05, 0.1) is 16.4 Å². The number of fused-ring (bicyclic) bond motifs is 2. The number of amidine groups is 1.